The summed E-state index contributed by atoms with van der Waals surface area (Å²) in [5, 5.41) is 0. The second-order valence-corrected chi connectivity index (χ2v) is 6.14. The molecule has 3 aromatic rings. The Kier molecular flexibility index (Phi) is 5.11. The van der Waals surface area contributed by atoms with Crippen LogP contribution in [0.5, 0.6) is 5.75 Å². The van der Waals surface area contributed by atoms with E-state index < -0.39 is 0 Å². The van der Waals surface area contributed by atoms with Gasteiger partial charge in [0.05, 0.1) is 15.5 Å². The number of thiazole rings is 1. The quantitative estimate of drug-likeness (QED) is 0.544. The van der Waals surface area contributed by atoms with E-state index in [4.69, 9.17) is 9.15 Å². The van der Waals surface area contributed by atoms with E-state index in [0.717, 1.165) is 5.56 Å². The molecule has 1 aromatic carbocycles. The van der Waals surface area contributed by atoms with Gasteiger partial charge in [-0.05, 0) is 24.3 Å². The fourth-order valence-electron chi connectivity index (χ4n) is 2.15. The van der Waals surface area contributed by atoms with Gasteiger partial charge in [0.25, 0.3) is 5.56 Å². The van der Waals surface area contributed by atoms with Gasteiger partial charge in [-0.2, -0.15) is 0 Å². The normalized spacial score (nSPS) is 12.3. The first-order valence-corrected chi connectivity index (χ1v) is 8.32. The molecule has 0 aliphatic heterocycles. The Labute approximate surface area is 147 Å². The van der Waals surface area contributed by atoms with Gasteiger partial charge in [-0.25, -0.2) is 0 Å². The van der Waals surface area contributed by atoms with Crippen molar-refractivity contribution in [1.29, 1.82) is 0 Å². The first-order chi connectivity index (χ1) is 12.2. The van der Waals surface area contributed by atoms with Crippen molar-refractivity contribution >= 4 is 29.3 Å². The van der Waals surface area contributed by atoms with Gasteiger partial charge in [-0.3, -0.25) is 9.59 Å². The van der Waals surface area contributed by atoms with Gasteiger partial charge in [0.1, 0.15) is 12.4 Å². The Bertz CT molecular complexity index is 1060. The second-order valence-electron chi connectivity index (χ2n) is 5.05. The zero-order valence-electron chi connectivity index (χ0n) is 13.2. The van der Waals surface area contributed by atoms with Gasteiger partial charge >= 0.3 is 0 Å². The van der Waals surface area contributed by atoms with Crippen molar-refractivity contribution in [3.05, 3.63) is 86.2 Å². The number of hydrogen-bond donors (Lipinski definition) is 1. The van der Waals surface area contributed by atoms with Gasteiger partial charge in [-0.15, -0.1) is 11.3 Å². The molecule has 0 saturated carbocycles. The highest BCUT2D eigenvalue weighted by molar-refractivity contribution is 7.07. The molecular weight excluding hydrogens is 338 g/mol. The summed E-state index contributed by atoms with van der Waals surface area (Å²) in [6.45, 7) is 4.00. The number of Topliss-reactive ketones (excluding diaryl/α,β-unsaturated/α-hetero) is 1. The number of nitrogens with one attached hydrogen (secondary N) is 1. The number of H-pyrrole nitrogens is 1. The number of ether oxygens (including phenoxy) is 1. The van der Waals surface area contributed by atoms with E-state index in [0.29, 0.717) is 21.6 Å². The molecule has 0 atom stereocenters. The standard InChI is InChI=1S/C19H15NO4S/c1-2-9-23-15-7-4-3-6-13(15)11-17-19(22)20-18(25-17)12-14(21)16-8-5-10-24-16/h2-8,10-12H,1,9H2,(H,20,22)/b17-11-,18-12-. The molecule has 0 amide bonds. The van der Waals surface area contributed by atoms with Crippen LogP contribution < -0.4 is 19.5 Å². The van der Waals surface area contributed by atoms with E-state index in [1.807, 2.05) is 24.3 Å². The monoisotopic (exact) mass is 353 g/mol. The van der Waals surface area contributed by atoms with E-state index in [1.165, 1.54) is 23.7 Å². The molecule has 25 heavy (non-hydrogen) atoms. The minimum absolute atomic E-state index is 0.225. The Hall–Kier alpha value is -3.12. The lowest BCUT2D eigenvalue weighted by molar-refractivity contribution is 0.103. The maximum absolute atomic E-state index is 12.1. The number of hydrogen-bond acceptors (Lipinski definition) is 5. The van der Waals surface area contributed by atoms with Crippen molar-refractivity contribution in [2.45, 2.75) is 0 Å². The molecule has 0 aliphatic rings. The van der Waals surface area contributed by atoms with Gasteiger partial charge < -0.3 is 14.1 Å². The number of para-hydroxylation sites is 1. The summed E-state index contributed by atoms with van der Waals surface area (Å²) >= 11 is 1.20. The minimum Gasteiger partial charge on any atom is -0.489 e. The number of ketones is 1. The molecule has 0 saturated heterocycles. The van der Waals surface area contributed by atoms with Crippen LogP contribution in [0.1, 0.15) is 16.1 Å². The van der Waals surface area contributed by atoms with E-state index in [9.17, 15) is 9.59 Å². The SMILES string of the molecule is C=CCOc1ccccc1/C=c1\s/c(=C\C(=O)c2ccco2)[nH]c1=O. The molecule has 0 spiro atoms. The Morgan fingerprint density at radius 3 is 2.88 bits per heavy atom. The summed E-state index contributed by atoms with van der Waals surface area (Å²) in [5.74, 6) is 0.583. The number of aromatic amines is 1. The van der Waals surface area contributed by atoms with Gasteiger partial charge in [0.2, 0.25) is 5.78 Å². The lowest BCUT2D eigenvalue weighted by atomic mass is 10.2. The summed E-state index contributed by atoms with van der Waals surface area (Å²) in [7, 11) is 0. The number of rotatable bonds is 6. The van der Waals surface area contributed by atoms with Crippen molar-refractivity contribution in [3.63, 3.8) is 0 Å². The summed E-state index contributed by atoms with van der Waals surface area (Å²) in [5.41, 5.74) is 0.516. The van der Waals surface area contributed by atoms with Gasteiger partial charge in [-0.1, -0.05) is 30.9 Å². The molecule has 0 fully saturated rings. The minimum atomic E-state index is -0.302. The number of furan rings is 1. The first kappa shape index (κ1) is 16.7. The van der Waals surface area contributed by atoms with Crippen molar-refractivity contribution in [1.82, 2.24) is 4.98 Å². The fourth-order valence-corrected chi connectivity index (χ4v) is 3.03. The van der Waals surface area contributed by atoms with E-state index in [1.54, 1.807) is 24.3 Å². The molecule has 0 unspecified atom stereocenters. The fraction of sp³-hybridized carbons (Fsp3) is 0.0526. The maximum atomic E-state index is 12.1. The Balaban J connectivity index is 1.98. The smallest absolute Gasteiger partial charge is 0.266 e. The number of benzene rings is 1. The van der Waals surface area contributed by atoms with Crippen LogP contribution in [0.2, 0.25) is 0 Å². The largest absolute Gasteiger partial charge is 0.489 e. The molecule has 0 aliphatic carbocycles. The summed E-state index contributed by atoms with van der Waals surface area (Å²) in [6.07, 6.45) is 6.17. The van der Waals surface area contributed by atoms with Crippen LogP contribution in [0.25, 0.3) is 12.2 Å². The maximum Gasteiger partial charge on any atom is 0.266 e. The lowest BCUT2D eigenvalue weighted by Gasteiger charge is -2.05. The summed E-state index contributed by atoms with van der Waals surface area (Å²) < 4.78 is 11.6. The average molecular weight is 353 g/mol. The van der Waals surface area contributed by atoms with E-state index in [2.05, 4.69) is 11.6 Å². The molecule has 1 N–H and O–H groups in total. The van der Waals surface area contributed by atoms with Crippen molar-refractivity contribution < 1.29 is 13.9 Å². The van der Waals surface area contributed by atoms with Crippen LogP contribution in [0.4, 0.5) is 0 Å². The van der Waals surface area contributed by atoms with Crippen molar-refractivity contribution in [2.75, 3.05) is 6.61 Å². The highest BCUT2D eigenvalue weighted by atomic mass is 32.1. The van der Waals surface area contributed by atoms with E-state index in [-0.39, 0.29) is 17.1 Å². The van der Waals surface area contributed by atoms with Crippen LogP contribution in [-0.4, -0.2) is 17.4 Å². The third kappa shape index (κ3) is 4.05. The summed E-state index contributed by atoms with van der Waals surface area (Å²) in [6, 6.07) is 10.6. The zero-order valence-corrected chi connectivity index (χ0v) is 14.0. The molecule has 2 aromatic heterocycles. The van der Waals surface area contributed by atoms with Crippen LogP contribution in [0.15, 0.2) is 64.5 Å². The molecule has 126 valence electrons. The topological polar surface area (TPSA) is 72.3 Å². The molecule has 6 heteroatoms. The number of carbonyl (C=O) groups excluding carboxylic acids is 1. The van der Waals surface area contributed by atoms with E-state index >= 15 is 0 Å². The summed E-state index contributed by atoms with van der Waals surface area (Å²) in [4.78, 5) is 26.8. The predicted octanol–water partition coefficient (Wildman–Crippen LogP) is 2.09. The molecule has 2 heterocycles. The Morgan fingerprint density at radius 2 is 2.12 bits per heavy atom. The highest BCUT2D eigenvalue weighted by Gasteiger charge is 2.06. The van der Waals surface area contributed by atoms with Crippen LogP contribution in [0.3, 0.4) is 0 Å². The lowest BCUT2D eigenvalue weighted by Crippen LogP contribution is -2.20. The van der Waals surface area contributed by atoms with Crippen molar-refractivity contribution in [2.24, 2.45) is 0 Å². The number of carbonyl (C=O) groups is 1. The third-order valence-electron chi connectivity index (χ3n) is 3.27. The van der Waals surface area contributed by atoms with Crippen molar-refractivity contribution in [3.8, 4) is 5.75 Å². The molecule has 5 nitrogen and oxygen atoms in total. The molecule has 0 radical (unpaired) electrons. The zero-order chi connectivity index (χ0) is 17.6. The van der Waals surface area contributed by atoms with Crippen LogP contribution >= 0.6 is 11.3 Å². The van der Waals surface area contributed by atoms with Crippen LogP contribution in [0, 0.1) is 0 Å². The Morgan fingerprint density at radius 1 is 1.28 bits per heavy atom. The highest BCUT2D eigenvalue weighted by Crippen LogP contribution is 2.18. The third-order valence-corrected chi connectivity index (χ3v) is 4.23. The van der Waals surface area contributed by atoms with Gasteiger partial charge in [0, 0.05) is 11.6 Å². The average Bonchev–Trinajstić information content (AvgIpc) is 3.25. The first-order valence-electron chi connectivity index (χ1n) is 7.50. The molecular formula is C19H15NO4S. The molecule has 0 bridgehead atoms. The predicted molar refractivity (Wildman–Crippen MR) is 97.4 cm³/mol. The molecule has 3 rings (SSSR count). The van der Waals surface area contributed by atoms with Crippen LogP contribution in [-0.2, 0) is 0 Å². The van der Waals surface area contributed by atoms with Gasteiger partial charge in [0.15, 0.2) is 5.76 Å². The number of aromatic nitrogens is 1. The second kappa shape index (κ2) is 7.63.